The molecule has 1 saturated heterocycles. The summed E-state index contributed by atoms with van der Waals surface area (Å²) in [5.41, 5.74) is 3.19. The number of urea groups is 1. The van der Waals surface area contributed by atoms with Crippen LogP contribution in [0.1, 0.15) is 35.5 Å². The molecule has 0 aliphatic carbocycles. The zero-order chi connectivity index (χ0) is 23.1. The smallest absolute Gasteiger partial charge is 0.321 e. The minimum absolute atomic E-state index is 0.0224. The van der Waals surface area contributed by atoms with E-state index in [-0.39, 0.29) is 30.8 Å². The van der Waals surface area contributed by atoms with Gasteiger partial charge in [0.25, 0.3) is 6.01 Å². The van der Waals surface area contributed by atoms with Crippen molar-refractivity contribution in [1.82, 2.24) is 15.3 Å². The number of thiazole rings is 1. The Morgan fingerprint density at radius 2 is 2.24 bits per heavy atom. The number of fused-ring (bicyclic) bond motifs is 2. The summed E-state index contributed by atoms with van der Waals surface area (Å²) in [7, 11) is 1.63. The van der Waals surface area contributed by atoms with Gasteiger partial charge in [0.1, 0.15) is 11.3 Å². The Labute approximate surface area is 194 Å². The predicted molar refractivity (Wildman–Crippen MR) is 124 cm³/mol. The molecule has 11 heteroatoms. The molecule has 0 spiro atoms. The van der Waals surface area contributed by atoms with Crippen LogP contribution in [0.25, 0.3) is 11.1 Å². The summed E-state index contributed by atoms with van der Waals surface area (Å²) in [5.74, 6) is 0.746. The molecule has 2 aliphatic heterocycles. The standard InChI is InChI=1S/C22H27N5O5S/c1-11-6-18-15(8-17(11)30-3)25-22(32-18)27-12(2)19-16(7-14(27)9-28)24-21(33-19)26-20(29)23-13-4-5-31-10-13/h6,8,12-14,28H,4-5,7,9-10H2,1-3H3,(H2,23,24,26,29)/t12-,13+,14-/m0/s1. The molecule has 5 rings (SSSR count). The molecule has 0 saturated carbocycles. The third kappa shape index (κ3) is 4.11. The van der Waals surface area contributed by atoms with Gasteiger partial charge in [0.05, 0.1) is 49.0 Å². The number of amides is 2. The minimum Gasteiger partial charge on any atom is -0.496 e. The highest BCUT2D eigenvalue weighted by Crippen LogP contribution is 2.41. The van der Waals surface area contributed by atoms with Gasteiger partial charge in [0, 0.05) is 19.1 Å². The second kappa shape index (κ2) is 8.81. The second-order valence-corrected chi connectivity index (χ2v) is 9.43. The first-order valence-corrected chi connectivity index (χ1v) is 11.8. The van der Waals surface area contributed by atoms with Crippen molar-refractivity contribution in [3.63, 3.8) is 0 Å². The molecule has 3 atom stereocenters. The highest BCUT2D eigenvalue weighted by Gasteiger charge is 2.37. The van der Waals surface area contributed by atoms with Crippen molar-refractivity contribution in [2.24, 2.45) is 0 Å². The number of hydrogen-bond donors (Lipinski definition) is 3. The number of carbonyl (C=O) groups is 1. The number of aliphatic hydroxyl groups excluding tert-OH is 1. The van der Waals surface area contributed by atoms with Crippen molar-refractivity contribution in [3.8, 4) is 5.75 Å². The highest BCUT2D eigenvalue weighted by atomic mass is 32.1. The predicted octanol–water partition coefficient (Wildman–Crippen LogP) is 3.00. The summed E-state index contributed by atoms with van der Waals surface area (Å²) in [6, 6.07) is 3.55. The maximum atomic E-state index is 12.4. The van der Waals surface area contributed by atoms with E-state index in [1.807, 2.05) is 30.9 Å². The zero-order valence-corrected chi connectivity index (χ0v) is 19.6. The van der Waals surface area contributed by atoms with Gasteiger partial charge >= 0.3 is 6.03 Å². The highest BCUT2D eigenvalue weighted by molar-refractivity contribution is 7.16. The van der Waals surface area contributed by atoms with Crippen LogP contribution in [0, 0.1) is 6.92 Å². The Bertz CT molecular complexity index is 1170. The summed E-state index contributed by atoms with van der Waals surface area (Å²) in [6.45, 7) is 5.09. The maximum absolute atomic E-state index is 12.4. The fraction of sp³-hybridized carbons (Fsp3) is 0.500. The molecule has 2 amide bonds. The Balaban J connectivity index is 1.40. The molecule has 0 bridgehead atoms. The monoisotopic (exact) mass is 473 g/mol. The molecule has 3 N–H and O–H groups in total. The van der Waals surface area contributed by atoms with Gasteiger partial charge in [-0.1, -0.05) is 11.3 Å². The lowest BCUT2D eigenvalue weighted by atomic mass is 10.00. The first-order chi connectivity index (χ1) is 16.0. The lowest BCUT2D eigenvalue weighted by Gasteiger charge is -2.37. The summed E-state index contributed by atoms with van der Waals surface area (Å²) in [4.78, 5) is 24.7. The van der Waals surface area contributed by atoms with Crippen molar-refractivity contribution >= 4 is 39.6 Å². The molecule has 176 valence electrons. The number of aryl methyl sites for hydroxylation is 1. The molecule has 1 fully saturated rings. The van der Waals surface area contributed by atoms with Gasteiger partial charge in [-0.2, -0.15) is 4.98 Å². The average molecular weight is 474 g/mol. The molecule has 33 heavy (non-hydrogen) atoms. The van der Waals surface area contributed by atoms with Crippen molar-refractivity contribution in [2.75, 3.05) is 37.1 Å². The van der Waals surface area contributed by atoms with Crippen molar-refractivity contribution in [3.05, 3.63) is 28.3 Å². The third-order valence-corrected chi connectivity index (χ3v) is 7.34. The molecule has 0 radical (unpaired) electrons. The topological polar surface area (TPSA) is 122 Å². The van der Waals surface area contributed by atoms with Crippen LogP contribution in [0.2, 0.25) is 0 Å². The van der Waals surface area contributed by atoms with Gasteiger partial charge in [-0.25, -0.2) is 9.78 Å². The molecule has 2 aliphatic rings. The first kappa shape index (κ1) is 21.9. The summed E-state index contributed by atoms with van der Waals surface area (Å²) in [5, 5.41) is 16.4. The number of carbonyl (C=O) groups excluding carboxylic acids is 1. The lowest BCUT2D eigenvalue weighted by Crippen LogP contribution is -2.45. The molecule has 4 heterocycles. The maximum Gasteiger partial charge on any atom is 0.321 e. The quantitative estimate of drug-likeness (QED) is 0.517. The zero-order valence-electron chi connectivity index (χ0n) is 18.8. The summed E-state index contributed by atoms with van der Waals surface area (Å²) in [6.07, 6.45) is 1.33. The third-order valence-electron chi connectivity index (χ3n) is 6.16. The number of aliphatic hydroxyl groups is 1. The number of methoxy groups -OCH3 is 1. The van der Waals surface area contributed by atoms with Crippen molar-refractivity contribution in [2.45, 2.75) is 44.8 Å². The number of ether oxygens (including phenoxy) is 2. The Kier molecular flexibility index (Phi) is 5.85. The van der Waals surface area contributed by atoms with E-state index in [9.17, 15) is 9.90 Å². The number of hydrogen-bond acceptors (Lipinski definition) is 9. The molecule has 0 unspecified atom stereocenters. The lowest BCUT2D eigenvalue weighted by molar-refractivity contribution is 0.189. The van der Waals surface area contributed by atoms with Crippen LogP contribution in [0.4, 0.5) is 15.9 Å². The Hall–Kier alpha value is -2.89. The fourth-order valence-corrected chi connectivity index (χ4v) is 5.51. The number of rotatable bonds is 5. The average Bonchev–Trinajstić information content (AvgIpc) is 3.52. The Morgan fingerprint density at radius 3 is 2.97 bits per heavy atom. The van der Waals surface area contributed by atoms with Crippen molar-refractivity contribution < 1.29 is 23.8 Å². The van der Waals surface area contributed by atoms with E-state index in [0.717, 1.165) is 28.3 Å². The molecule has 1 aromatic carbocycles. The van der Waals surface area contributed by atoms with E-state index in [1.54, 1.807) is 7.11 Å². The van der Waals surface area contributed by atoms with E-state index in [0.29, 0.717) is 41.9 Å². The van der Waals surface area contributed by atoms with Gasteiger partial charge in [0.15, 0.2) is 10.7 Å². The van der Waals surface area contributed by atoms with Gasteiger partial charge in [-0.3, -0.25) is 5.32 Å². The van der Waals surface area contributed by atoms with Crippen LogP contribution < -0.4 is 20.3 Å². The van der Waals surface area contributed by atoms with Gasteiger partial charge < -0.3 is 29.2 Å². The van der Waals surface area contributed by atoms with E-state index in [4.69, 9.17) is 13.9 Å². The van der Waals surface area contributed by atoms with Gasteiger partial charge in [-0.15, -0.1) is 0 Å². The van der Waals surface area contributed by atoms with Crippen LogP contribution >= 0.6 is 11.3 Å². The SMILES string of the molecule is COc1cc2nc(N3[C@H](CO)Cc4nc(NC(=O)N[C@@H]5CCOC5)sc4[C@@H]3C)oc2cc1C. The van der Waals surface area contributed by atoms with Crippen molar-refractivity contribution in [1.29, 1.82) is 0 Å². The van der Waals surface area contributed by atoms with Crippen LogP contribution in [0.5, 0.6) is 5.75 Å². The molecular formula is C22H27N5O5S. The van der Waals surface area contributed by atoms with Crippen LogP contribution in [0.15, 0.2) is 16.5 Å². The van der Waals surface area contributed by atoms with Gasteiger partial charge in [-0.05, 0) is 31.9 Å². The van der Waals surface area contributed by atoms with E-state index >= 15 is 0 Å². The van der Waals surface area contributed by atoms with E-state index < -0.39 is 0 Å². The number of aromatic nitrogens is 2. The molecule has 2 aromatic heterocycles. The number of nitrogens with zero attached hydrogens (tertiary/aromatic N) is 3. The normalized spacial score (nSPS) is 22.4. The van der Waals surface area contributed by atoms with E-state index in [1.165, 1.54) is 11.3 Å². The second-order valence-electron chi connectivity index (χ2n) is 8.40. The van der Waals surface area contributed by atoms with Gasteiger partial charge in [0.2, 0.25) is 0 Å². The minimum atomic E-state index is -0.289. The van der Waals surface area contributed by atoms with Crippen LogP contribution in [-0.4, -0.2) is 60.1 Å². The number of benzene rings is 1. The first-order valence-electron chi connectivity index (χ1n) is 11.0. The largest absolute Gasteiger partial charge is 0.496 e. The van der Waals surface area contributed by atoms with Crippen LogP contribution in [0.3, 0.4) is 0 Å². The fourth-order valence-electron chi connectivity index (χ4n) is 4.47. The number of nitrogens with one attached hydrogen (secondary N) is 2. The molecule has 10 nitrogen and oxygen atoms in total. The molecular weight excluding hydrogens is 446 g/mol. The molecule has 3 aromatic rings. The Morgan fingerprint density at radius 1 is 1.39 bits per heavy atom. The number of anilines is 2. The summed E-state index contributed by atoms with van der Waals surface area (Å²) < 4.78 is 16.8. The number of oxazole rings is 1. The van der Waals surface area contributed by atoms with E-state index in [2.05, 4.69) is 20.6 Å². The summed E-state index contributed by atoms with van der Waals surface area (Å²) >= 11 is 1.43. The van der Waals surface area contributed by atoms with Crippen LogP contribution in [-0.2, 0) is 11.2 Å².